The summed E-state index contributed by atoms with van der Waals surface area (Å²) in [5.74, 6) is -0.223. The van der Waals surface area contributed by atoms with Crippen LogP contribution >= 0.6 is 0 Å². The molecule has 1 aliphatic rings. The summed E-state index contributed by atoms with van der Waals surface area (Å²) in [6, 6.07) is 9.74. The standard InChI is InChI=1S/C20H33N5O5/c1-20(2,3)30-19(27)23-22-11-12-28-25-18(26)17-10-9-16(13-21-17)24-29-14-15-7-5-4-6-8-15/h4-8,16-17,21-22,24H,9-14H2,1-3H3,(H,23,27)(H,25,26)/t16-,17+/m1/s1. The Morgan fingerprint density at radius 2 is 1.90 bits per heavy atom. The number of rotatable bonds is 10. The van der Waals surface area contributed by atoms with Crippen LogP contribution in [0, 0.1) is 0 Å². The van der Waals surface area contributed by atoms with Crippen molar-refractivity contribution in [3.05, 3.63) is 35.9 Å². The van der Waals surface area contributed by atoms with Gasteiger partial charge in [-0.15, -0.1) is 0 Å². The predicted octanol–water partition coefficient (Wildman–Crippen LogP) is 0.906. The lowest BCUT2D eigenvalue weighted by molar-refractivity contribution is -0.136. The molecule has 0 unspecified atom stereocenters. The lowest BCUT2D eigenvalue weighted by atomic mass is 10.0. The maximum atomic E-state index is 12.1. The lowest BCUT2D eigenvalue weighted by Gasteiger charge is -2.29. The molecule has 1 aromatic carbocycles. The molecule has 2 rings (SSSR count). The van der Waals surface area contributed by atoms with Gasteiger partial charge in [0.1, 0.15) is 5.60 Å². The van der Waals surface area contributed by atoms with Gasteiger partial charge >= 0.3 is 6.09 Å². The number of benzene rings is 1. The van der Waals surface area contributed by atoms with E-state index >= 15 is 0 Å². The highest BCUT2D eigenvalue weighted by atomic mass is 16.7. The molecule has 0 radical (unpaired) electrons. The summed E-state index contributed by atoms with van der Waals surface area (Å²) < 4.78 is 5.07. The smallest absolute Gasteiger partial charge is 0.422 e. The quantitative estimate of drug-likeness (QED) is 0.278. The minimum atomic E-state index is -0.575. The van der Waals surface area contributed by atoms with Gasteiger partial charge in [0.15, 0.2) is 0 Å². The first-order chi connectivity index (χ1) is 14.3. The van der Waals surface area contributed by atoms with Crippen LogP contribution in [0.1, 0.15) is 39.2 Å². The van der Waals surface area contributed by atoms with E-state index in [1.807, 2.05) is 30.3 Å². The number of hydrazine groups is 1. The van der Waals surface area contributed by atoms with Crippen molar-refractivity contribution < 1.29 is 24.0 Å². The van der Waals surface area contributed by atoms with Crippen LogP contribution < -0.4 is 27.1 Å². The fourth-order valence-corrected chi connectivity index (χ4v) is 2.73. The molecule has 1 aromatic rings. The monoisotopic (exact) mass is 423 g/mol. The Morgan fingerprint density at radius 3 is 2.57 bits per heavy atom. The number of hydrogen-bond acceptors (Lipinski definition) is 8. The van der Waals surface area contributed by atoms with Crippen LogP contribution in [-0.2, 0) is 25.8 Å². The number of amides is 2. The van der Waals surface area contributed by atoms with Gasteiger partial charge in [0.25, 0.3) is 5.91 Å². The van der Waals surface area contributed by atoms with Crippen LogP contribution in [-0.4, -0.2) is 49.4 Å². The van der Waals surface area contributed by atoms with Crippen LogP contribution in [0.5, 0.6) is 0 Å². The second kappa shape index (κ2) is 12.5. The lowest BCUT2D eigenvalue weighted by Crippen LogP contribution is -2.53. The zero-order chi connectivity index (χ0) is 21.8. The third kappa shape index (κ3) is 9.99. The van der Waals surface area contributed by atoms with Gasteiger partial charge in [-0.2, -0.15) is 5.48 Å². The van der Waals surface area contributed by atoms with Gasteiger partial charge in [0, 0.05) is 19.1 Å². The first-order valence-corrected chi connectivity index (χ1v) is 10.1. The molecular weight excluding hydrogens is 390 g/mol. The van der Waals surface area contributed by atoms with E-state index in [0.29, 0.717) is 26.1 Å². The van der Waals surface area contributed by atoms with E-state index in [4.69, 9.17) is 14.4 Å². The number of carbonyl (C=O) groups excluding carboxylic acids is 2. The summed E-state index contributed by atoms with van der Waals surface area (Å²) in [7, 11) is 0. The van der Waals surface area contributed by atoms with Gasteiger partial charge in [-0.05, 0) is 39.2 Å². The predicted molar refractivity (Wildman–Crippen MR) is 111 cm³/mol. The first-order valence-electron chi connectivity index (χ1n) is 10.1. The molecule has 2 amide bonds. The fourth-order valence-electron chi connectivity index (χ4n) is 2.73. The highest BCUT2D eigenvalue weighted by Crippen LogP contribution is 2.09. The molecule has 10 heteroatoms. The molecule has 1 fully saturated rings. The molecule has 0 spiro atoms. The molecule has 0 aromatic heterocycles. The van der Waals surface area contributed by atoms with Gasteiger partial charge in [0.05, 0.1) is 19.3 Å². The van der Waals surface area contributed by atoms with E-state index in [9.17, 15) is 9.59 Å². The highest BCUT2D eigenvalue weighted by Gasteiger charge is 2.26. The summed E-state index contributed by atoms with van der Waals surface area (Å²) in [5, 5.41) is 3.18. The van der Waals surface area contributed by atoms with Crippen LogP contribution in [0.4, 0.5) is 4.79 Å². The van der Waals surface area contributed by atoms with E-state index < -0.39 is 11.7 Å². The van der Waals surface area contributed by atoms with Crippen molar-refractivity contribution in [2.45, 2.75) is 57.9 Å². The normalized spacial score (nSPS) is 19.2. The zero-order valence-electron chi connectivity index (χ0n) is 17.8. The summed E-state index contributed by atoms with van der Waals surface area (Å²) in [6.45, 7) is 6.94. The number of ether oxygens (including phenoxy) is 1. The topological polar surface area (TPSA) is 122 Å². The van der Waals surface area contributed by atoms with Crippen molar-refractivity contribution in [1.82, 2.24) is 27.1 Å². The Kier molecular flexibility index (Phi) is 9.98. The molecule has 2 atom stereocenters. The molecule has 0 bridgehead atoms. The van der Waals surface area contributed by atoms with Crippen molar-refractivity contribution in [1.29, 1.82) is 0 Å². The molecule has 1 heterocycles. The van der Waals surface area contributed by atoms with Crippen molar-refractivity contribution in [3.8, 4) is 0 Å². The number of carbonyl (C=O) groups is 2. The van der Waals surface area contributed by atoms with E-state index in [0.717, 1.165) is 12.0 Å². The Bertz CT molecular complexity index is 645. The third-order valence-corrected chi connectivity index (χ3v) is 4.15. The van der Waals surface area contributed by atoms with Gasteiger partial charge in [-0.3, -0.25) is 19.9 Å². The molecule has 0 saturated carbocycles. The van der Waals surface area contributed by atoms with Crippen molar-refractivity contribution in [2.75, 3.05) is 19.7 Å². The Hall–Kier alpha value is -2.24. The molecule has 0 aliphatic carbocycles. The van der Waals surface area contributed by atoms with Crippen LogP contribution in [0.15, 0.2) is 30.3 Å². The maximum Gasteiger partial charge on any atom is 0.422 e. The molecule has 1 aliphatic heterocycles. The summed E-state index contributed by atoms with van der Waals surface area (Å²) in [4.78, 5) is 34.3. The largest absolute Gasteiger partial charge is 0.443 e. The average Bonchev–Trinajstić information content (AvgIpc) is 2.70. The first kappa shape index (κ1) is 24.0. The number of hydroxylamine groups is 2. The Balaban J connectivity index is 1.48. The van der Waals surface area contributed by atoms with Gasteiger partial charge < -0.3 is 10.1 Å². The number of hydrogen-bond donors (Lipinski definition) is 5. The molecule has 1 saturated heterocycles. The number of nitrogens with one attached hydrogen (secondary N) is 5. The molecule has 30 heavy (non-hydrogen) atoms. The molecular formula is C20H33N5O5. The van der Waals surface area contributed by atoms with Crippen LogP contribution in [0.2, 0.25) is 0 Å². The SMILES string of the molecule is CC(C)(C)OC(=O)NNCCONC(=O)[C@@H]1CC[C@@H](NOCc2ccccc2)CN1. The van der Waals surface area contributed by atoms with Crippen LogP contribution in [0.3, 0.4) is 0 Å². The van der Waals surface area contributed by atoms with Gasteiger partial charge in [-0.1, -0.05) is 30.3 Å². The van der Waals surface area contributed by atoms with E-state index in [-0.39, 0.29) is 24.6 Å². The minimum Gasteiger partial charge on any atom is -0.443 e. The van der Waals surface area contributed by atoms with E-state index in [1.165, 1.54) is 0 Å². The van der Waals surface area contributed by atoms with Crippen molar-refractivity contribution in [2.24, 2.45) is 0 Å². The third-order valence-electron chi connectivity index (χ3n) is 4.15. The maximum absolute atomic E-state index is 12.1. The van der Waals surface area contributed by atoms with Gasteiger partial charge in [0.2, 0.25) is 0 Å². The minimum absolute atomic E-state index is 0.141. The fraction of sp³-hybridized carbons (Fsp3) is 0.600. The Labute approximate surface area is 177 Å². The summed E-state index contributed by atoms with van der Waals surface area (Å²) in [6.07, 6.45) is 0.898. The van der Waals surface area contributed by atoms with E-state index in [1.54, 1.807) is 20.8 Å². The summed E-state index contributed by atoms with van der Waals surface area (Å²) >= 11 is 0. The van der Waals surface area contributed by atoms with Crippen molar-refractivity contribution >= 4 is 12.0 Å². The second-order valence-corrected chi connectivity index (χ2v) is 8.00. The highest BCUT2D eigenvalue weighted by molar-refractivity contribution is 5.80. The molecule has 168 valence electrons. The Morgan fingerprint density at radius 1 is 1.13 bits per heavy atom. The van der Waals surface area contributed by atoms with Gasteiger partial charge in [-0.25, -0.2) is 15.7 Å². The zero-order valence-corrected chi connectivity index (χ0v) is 17.8. The van der Waals surface area contributed by atoms with Crippen LogP contribution in [0.25, 0.3) is 0 Å². The summed E-state index contributed by atoms with van der Waals surface area (Å²) in [5.41, 5.74) is 11.0. The average molecular weight is 424 g/mol. The number of piperidine rings is 1. The van der Waals surface area contributed by atoms with Crippen molar-refractivity contribution in [3.63, 3.8) is 0 Å². The molecule has 5 N–H and O–H groups in total. The second-order valence-electron chi connectivity index (χ2n) is 8.00. The molecule has 10 nitrogen and oxygen atoms in total. The van der Waals surface area contributed by atoms with E-state index in [2.05, 4.69) is 27.1 Å².